The summed E-state index contributed by atoms with van der Waals surface area (Å²) < 4.78 is 70.9. The van der Waals surface area contributed by atoms with Crippen LogP contribution in [0.25, 0.3) is 11.1 Å². The van der Waals surface area contributed by atoms with Crippen molar-refractivity contribution in [2.75, 3.05) is 23.9 Å². The van der Waals surface area contributed by atoms with Crippen molar-refractivity contribution in [3.05, 3.63) is 114 Å². The molecule has 3 saturated heterocycles. The first-order valence-electron chi connectivity index (χ1n) is 19.8. The van der Waals surface area contributed by atoms with E-state index in [0.29, 0.717) is 27.9 Å². The van der Waals surface area contributed by atoms with E-state index in [-0.39, 0.29) is 29.4 Å². The number of β-lactam (4-membered cyclic amide) rings is 1. The van der Waals surface area contributed by atoms with Crippen LogP contribution in [0, 0.1) is 17.6 Å². The van der Waals surface area contributed by atoms with Crippen LogP contribution in [0.3, 0.4) is 0 Å². The van der Waals surface area contributed by atoms with Crippen LogP contribution in [0.1, 0.15) is 36.1 Å². The number of anilines is 1. The summed E-state index contributed by atoms with van der Waals surface area (Å²) in [6.07, 6.45) is -17.6. The molecule has 16 nitrogen and oxygen atoms in total. The number of carbonyl (C=O) groups is 1. The minimum atomic E-state index is -4.24. The molecule has 62 heavy (non-hydrogen) atoms. The van der Waals surface area contributed by atoms with Crippen LogP contribution in [0.4, 0.5) is 14.5 Å². The molecule has 4 aromatic rings. The Balaban J connectivity index is 1.04. The minimum absolute atomic E-state index is 0.152. The van der Waals surface area contributed by atoms with E-state index in [2.05, 4.69) is 0 Å². The van der Waals surface area contributed by atoms with Crippen molar-refractivity contribution in [1.82, 2.24) is 0 Å². The molecule has 0 aliphatic carbocycles. The zero-order chi connectivity index (χ0) is 44.6. The van der Waals surface area contributed by atoms with Crippen molar-refractivity contribution >= 4 is 21.4 Å². The van der Waals surface area contributed by atoms with Gasteiger partial charge >= 0.3 is 0 Å². The molecule has 19 heteroatoms. The van der Waals surface area contributed by atoms with Gasteiger partial charge < -0.3 is 65.1 Å². The van der Waals surface area contributed by atoms with Gasteiger partial charge in [0.05, 0.1) is 41.9 Å². The van der Waals surface area contributed by atoms with Gasteiger partial charge in [-0.3, -0.25) is 4.79 Å². The van der Waals surface area contributed by atoms with E-state index in [1.54, 1.807) is 12.1 Å². The van der Waals surface area contributed by atoms with Gasteiger partial charge in [-0.05, 0) is 84.1 Å². The highest BCUT2D eigenvalue weighted by Gasteiger charge is 2.52. The largest absolute Gasteiger partial charge is 0.508 e. The lowest BCUT2D eigenvalue weighted by atomic mass is 9.77. The van der Waals surface area contributed by atoms with Gasteiger partial charge in [-0.15, -0.1) is 0 Å². The second-order valence-corrected chi connectivity index (χ2v) is 17.7. The lowest BCUT2D eigenvalue weighted by molar-refractivity contribution is -0.341. The van der Waals surface area contributed by atoms with Crippen LogP contribution in [0.2, 0.25) is 0 Å². The average molecular weight is 888 g/mol. The third-order valence-corrected chi connectivity index (χ3v) is 13.5. The number of carbonyl (C=O) groups excluding carboxylic acids is 1. The highest BCUT2D eigenvalue weighted by atomic mass is 32.2. The summed E-state index contributed by atoms with van der Waals surface area (Å²) in [6, 6.07) is 20.2. The number of nitrogens with zero attached hydrogens (tertiary/aromatic N) is 1. The Labute approximate surface area is 354 Å². The number of aliphatic hydroxyl groups excluding tert-OH is 8. The lowest BCUT2D eigenvalue weighted by Gasteiger charge is -2.48. The van der Waals surface area contributed by atoms with E-state index in [0.717, 1.165) is 0 Å². The maximum atomic E-state index is 13.8. The van der Waals surface area contributed by atoms with E-state index < -0.39 is 120 Å². The molecule has 3 aliphatic rings. The maximum absolute atomic E-state index is 13.8. The molecule has 334 valence electrons. The van der Waals surface area contributed by atoms with Gasteiger partial charge in [0.2, 0.25) is 5.91 Å². The quantitative estimate of drug-likeness (QED) is 0.0800. The monoisotopic (exact) mass is 887 g/mol. The maximum Gasteiger partial charge on any atom is 0.233 e. The summed E-state index contributed by atoms with van der Waals surface area (Å²) in [6.45, 7) is -1.61. The number of amides is 1. The second-order valence-electron chi connectivity index (χ2n) is 15.6. The number of aromatic hydroxyl groups is 1. The highest BCUT2D eigenvalue weighted by molar-refractivity contribution is 7.91. The van der Waals surface area contributed by atoms with E-state index in [1.165, 1.54) is 83.8 Å². The molecule has 0 spiro atoms. The van der Waals surface area contributed by atoms with Crippen LogP contribution < -0.4 is 4.90 Å². The lowest BCUT2D eigenvalue weighted by Crippen LogP contribution is -2.65. The SMILES string of the molecule is O=C1[C@H](CC[C@H](O)c2ccc(F)cc2)[C@@H](c2ccc(-c3ccc(S(=O)(=O)CC4OC(CO)[C@H](OC5OC(CO)[C@H](O)[C@H](O)[C@H]5O)[C@H](O)[C@H]4O)cc3)cc2O)N1c1ccc(F)cc1. The van der Waals surface area contributed by atoms with Crippen molar-refractivity contribution in [2.45, 2.75) is 91.1 Å². The molecule has 4 unspecified atom stereocenters. The zero-order valence-corrected chi connectivity index (χ0v) is 33.6. The summed E-state index contributed by atoms with van der Waals surface area (Å²) in [5.74, 6) is -3.00. The number of phenolic OH excluding ortho intramolecular Hbond substituents is 1. The Morgan fingerprint density at radius 3 is 1.92 bits per heavy atom. The number of benzene rings is 4. The average Bonchev–Trinajstić information content (AvgIpc) is 3.26. The Kier molecular flexibility index (Phi) is 13.7. The Morgan fingerprint density at radius 2 is 1.31 bits per heavy atom. The van der Waals surface area contributed by atoms with Gasteiger partial charge in [-0.25, -0.2) is 17.2 Å². The molecular formula is C43H47F2NO15S. The molecular weight excluding hydrogens is 841 g/mol. The molecule has 3 aliphatic heterocycles. The predicted octanol–water partition coefficient (Wildman–Crippen LogP) is 0.996. The van der Waals surface area contributed by atoms with E-state index >= 15 is 0 Å². The predicted molar refractivity (Wildman–Crippen MR) is 213 cm³/mol. The fourth-order valence-corrected chi connectivity index (χ4v) is 9.66. The van der Waals surface area contributed by atoms with Crippen LogP contribution >= 0.6 is 0 Å². The fraction of sp³-hybridized carbons (Fsp3) is 0.419. The first kappa shape index (κ1) is 45.5. The Hall–Kier alpha value is -4.48. The summed E-state index contributed by atoms with van der Waals surface area (Å²) >= 11 is 0. The number of rotatable bonds is 14. The highest BCUT2D eigenvalue weighted by Crippen LogP contribution is 2.49. The topological polar surface area (TPSA) is 264 Å². The normalized spacial score (nSPS) is 30.8. The van der Waals surface area contributed by atoms with E-state index in [9.17, 15) is 68.0 Å². The Morgan fingerprint density at radius 1 is 0.710 bits per heavy atom. The van der Waals surface area contributed by atoms with E-state index in [4.69, 9.17) is 14.2 Å². The molecule has 0 aromatic heterocycles. The van der Waals surface area contributed by atoms with Gasteiger partial charge in [0.25, 0.3) is 0 Å². The number of hydrogen-bond acceptors (Lipinski definition) is 15. The van der Waals surface area contributed by atoms with Crippen LogP contribution in [0.15, 0.2) is 95.9 Å². The van der Waals surface area contributed by atoms with Gasteiger partial charge in [0.1, 0.15) is 72.3 Å². The van der Waals surface area contributed by atoms with Gasteiger partial charge in [0.15, 0.2) is 16.1 Å². The molecule has 3 heterocycles. The smallest absolute Gasteiger partial charge is 0.233 e. The summed E-state index contributed by atoms with van der Waals surface area (Å²) in [7, 11) is -4.24. The zero-order valence-electron chi connectivity index (χ0n) is 32.8. The van der Waals surface area contributed by atoms with Crippen molar-refractivity contribution in [1.29, 1.82) is 0 Å². The summed E-state index contributed by atoms with van der Waals surface area (Å²) in [5, 5.41) is 94.2. The molecule has 7 rings (SSSR count). The standard InChI is InChI=1S/C43H47F2NO15S/c44-24-6-1-22(2-7-24)30(49)16-15-29-35(46(42(29)56)26-10-8-25(45)9-11-26)28-14-5-23(17-31(28)50)21-3-12-27(13-4-21)62(57,58)20-34-37(52)39(54)41(33(19-48)59-34)61-43-40(55)38(53)36(51)32(18-47)60-43/h1-14,17,29-30,32-41,43,47-55H,15-16,18-20H2/t29-,30+,32?,33?,34?,35-,36+,37+,38+,39-,40-,41+,43?/m1/s1. The third kappa shape index (κ3) is 9.12. The molecule has 13 atom stereocenters. The third-order valence-electron chi connectivity index (χ3n) is 11.7. The number of sulfone groups is 1. The number of hydrogen-bond donors (Lipinski definition) is 9. The molecule has 0 saturated carbocycles. The molecule has 4 aromatic carbocycles. The first-order valence-corrected chi connectivity index (χ1v) is 21.4. The summed E-state index contributed by atoms with van der Waals surface area (Å²) in [4.78, 5) is 14.8. The first-order chi connectivity index (χ1) is 29.5. The van der Waals surface area contributed by atoms with E-state index in [1.807, 2.05) is 0 Å². The molecule has 9 N–H and O–H groups in total. The number of phenols is 1. The Bertz CT molecular complexity index is 2280. The number of aliphatic hydroxyl groups is 8. The second kappa shape index (κ2) is 18.7. The molecule has 0 bridgehead atoms. The minimum Gasteiger partial charge on any atom is -0.508 e. The summed E-state index contributed by atoms with van der Waals surface area (Å²) in [5.41, 5.74) is 2.20. The van der Waals surface area contributed by atoms with Gasteiger partial charge in [0, 0.05) is 11.3 Å². The number of halogens is 2. The van der Waals surface area contributed by atoms with Gasteiger partial charge in [-0.1, -0.05) is 36.4 Å². The van der Waals surface area contributed by atoms with Crippen LogP contribution in [-0.2, 0) is 28.8 Å². The van der Waals surface area contributed by atoms with Crippen molar-refractivity contribution in [2.24, 2.45) is 5.92 Å². The van der Waals surface area contributed by atoms with Crippen molar-refractivity contribution in [3.63, 3.8) is 0 Å². The van der Waals surface area contributed by atoms with Gasteiger partial charge in [-0.2, -0.15) is 0 Å². The van der Waals surface area contributed by atoms with Crippen molar-refractivity contribution < 1.29 is 82.2 Å². The molecule has 1 amide bonds. The van der Waals surface area contributed by atoms with Crippen LogP contribution in [-0.4, -0.2) is 140 Å². The van der Waals surface area contributed by atoms with Crippen LogP contribution in [0.5, 0.6) is 5.75 Å². The molecule has 3 fully saturated rings. The fourth-order valence-electron chi connectivity index (χ4n) is 8.21. The number of ether oxygens (including phenoxy) is 3. The molecule has 0 radical (unpaired) electrons. The van der Waals surface area contributed by atoms with Crippen molar-refractivity contribution in [3.8, 4) is 16.9 Å².